The molecule has 0 saturated heterocycles. The van der Waals surface area contributed by atoms with Gasteiger partial charge in [-0.25, -0.2) is 4.98 Å². The summed E-state index contributed by atoms with van der Waals surface area (Å²) in [5, 5.41) is 0. The Morgan fingerprint density at radius 3 is 2.73 bits per heavy atom. The van der Waals surface area contributed by atoms with Gasteiger partial charge in [0.15, 0.2) is 0 Å². The van der Waals surface area contributed by atoms with Gasteiger partial charge in [-0.3, -0.25) is 0 Å². The van der Waals surface area contributed by atoms with Crippen LogP contribution in [0.5, 0.6) is 0 Å². The minimum Gasteiger partial charge on any atom is -0.333 e. The Morgan fingerprint density at radius 2 is 2.27 bits per heavy atom. The van der Waals surface area contributed by atoms with Crippen LogP contribution in [0.3, 0.4) is 0 Å². The molecule has 0 spiro atoms. The van der Waals surface area contributed by atoms with Gasteiger partial charge in [-0.2, -0.15) is 0 Å². The maximum absolute atomic E-state index is 4.05. The van der Waals surface area contributed by atoms with Gasteiger partial charge < -0.3 is 4.57 Å². The van der Waals surface area contributed by atoms with Gasteiger partial charge in [-0.1, -0.05) is 12.7 Å². The molecule has 1 rings (SSSR count). The van der Waals surface area contributed by atoms with E-state index in [4.69, 9.17) is 0 Å². The van der Waals surface area contributed by atoms with E-state index >= 15 is 0 Å². The molecule has 0 aliphatic carbocycles. The van der Waals surface area contributed by atoms with E-state index in [-0.39, 0.29) is 12.4 Å². The van der Waals surface area contributed by atoms with Gasteiger partial charge in [0.1, 0.15) is 0 Å². The standard InChI is InChI=1S/C8H10N2.ClH/c1-3-5-10-6-8(4-2)9-7-10;/h3-4,6-7H,1-2,5H2;1H. The zero-order valence-corrected chi connectivity index (χ0v) is 7.05. The van der Waals surface area contributed by atoms with E-state index in [1.165, 1.54) is 0 Å². The van der Waals surface area contributed by atoms with E-state index in [0.717, 1.165) is 12.2 Å². The maximum atomic E-state index is 4.05. The molecule has 0 bridgehead atoms. The molecule has 2 nitrogen and oxygen atoms in total. The fourth-order valence-electron chi connectivity index (χ4n) is 0.732. The van der Waals surface area contributed by atoms with Gasteiger partial charge in [0.05, 0.1) is 12.0 Å². The van der Waals surface area contributed by atoms with Crippen LogP contribution in [-0.2, 0) is 6.54 Å². The first-order valence-corrected chi connectivity index (χ1v) is 3.12. The lowest BCUT2D eigenvalue weighted by atomic mass is 10.5. The van der Waals surface area contributed by atoms with E-state index < -0.39 is 0 Å². The van der Waals surface area contributed by atoms with Crippen LogP contribution in [0.25, 0.3) is 6.08 Å². The summed E-state index contributed by atoms with van der Waals surface area (Å²) >= 11 is 0. The average molecular weight is 171 g/mol. The van der Waals surface area contributed by atoms with Crippen molar-refractivity contribution in [3.63, 3.8) is 0 Å². The predicted molar refractivity (Wildman–Crippen MR) is 49.8 cm³/mol. The fraction of sp³-hybridized carbons (Fsp3) is 0.125. The molecule has 0 atom stereocenters. The number of rotatable bonds is 3. The lowest BCUT2D eigenvalue weighted by Crippen LogP contribution is -1.88. The smallest absolute Gasteiger partial charge is 0.0956 e. The van der Waals surface area contributed by atoms with Crippen molar-refractivity contribution in [3.05, 3.63) is 37.5 Å². The van der Waals surface area contributed by atoms with Crippen LogP contribution in [0.2, 0.25) is 0 Å². The van der Waals surface area contributed by atoms with Crippen molar-refractivity contribution in [2.75, 3.05) is 0 Å². The van der Waals surface area contributed by atoms with Crippen molar-refractivity contribution in [1.29, 1.82) is 0 Å². The van der Waals surface area contributed by atoms with Crippen LogP contribution in [0.15, 0.2) is 31.8 Å². The van der Waals surface area contributed by atoms with Crippen LogP contribution < -0.4 is 0 Å². The van der Waals surface area contributed by atoms with Crippen molar-refractivity contribution in [2.45, 2.75) is 6.54 Å². The molecule has 0 aliphatic heterocycles. The molecular weight excluding hydrogens is 160 g/mol. The van der Waals surface area contributed by atoms with Crippen LogP contribution in [0.1, 0.15) is 5.69 Å². The molecule has 11 heavy (non-hydrogen) atoms. The van der Waals surface area contributed by atoms with Gasteiger partial charge >= 0.3 is 0 Å². The molecule has 0 amide bonds. The minimum absolute atomic E-state index is 0. The molecule has 0 fully saturated rings. The first-order chi connectivity index (χ1) is 4.86. The quantitative estimate of drug-likeness (QED) is 0.636. The molecule has 60 valence electrons. The van der Waals surface area contributed by atoms with Crippen molar-refractivity contribution < 1.29 is 0 Å². The summed E-state index contributed by atoms with van der Waals surface area (Å²) in [6, 6.07) is 0. The summed E-state index contributed by atoms with van der Waals surface area (Å²) in [6.07, 6.45) is 7.24. The van der Waals surface area contributed by atoms with E-state index in [2.05, 4.69) is 18.1 Å². The van der Waals surface area contributed by atoms with Gasteiger partial charge in [-0.05, 0) is 6.08 Å². The molecule has 0 N–H and O–H groups in total. The summed E-state index contributed by atoms with van der Waals surface area (Å²) in [5.41, 5.74) is 0.904. The minimum atomic E-state index is 0. The number of allylic oxidation sites excluding steroid dienone is 1. The first-order valence-electron chi connectivity index (χ1n) is 3.12. The molecule has 0 aromatic carbocycles. The highest BCUT2D eigenvalue weighted by Gasteiger charge is 1.89. The Morgan fingerprint density at radius 1 is 1.55 bits per heavy atom. The summed E-state index contributed by atoms with van der Waals surface area (Å²) < 4.78 is 1.95. The lowest BCUT2D eigenvalue weighted by Gasteiger charge is -1.90. The van der Waals surface area contributed by atoms with Crippen molar-refractivity contribution >= 4 is 18.5 Å². The topological polar surface area (TPSA) is 17.8 Å². The zero-order chi connectivity index (χ0) is 7.40. The molecule has 0 saturated carbocycles. The van der Waals surface area contributed by atoms with Gasteiger partial charge in [0.2, 0.25) is 0 Å². The molecule has 1 aromatic rings. The molecular formula is C8H11ClN2. The molecule has 0 unspecified atom stereocenters. The molecule has 3 heteroatoms. The third kappa shape index (κ3) is 2.60. The highest BCUT2D eigenvalue weighted by molar-refractivity contribution is 5.85. The average Bonchev–Trinajstić information content (AvgIpc) is 2.37. The molecule has 1 aromatic heterocycles. The molecule has 0 aliphatic rings. The monoisotopic (exact) mass is 170 g/mol. The number of hydrogen-bond acceptors (Lipinski definition) is 1. The number of nitrogens with zero attached hydrogens (tertiary/aromatic N) is 2. The number of hydrogen-bond donors (Lipinski definition) is 0. The van der Waals surface area contributed by atoms with Gasteiger partial charge in [-0.15, -0.1) is 19.0 Å². The second kappa shape index (κ2) is 4.74. The Balaban J connectivity index is 0.000001000. The summed E-state index contributed by atoms with van der Waals surface area (Å²) in [6.45, 7) is 8.03. The Hall–Kier alpha value is -1.02. The summed E-state index contributed by atoms with van der Waals surface area (Å²) in [4.78, 5) is 4.05. The van der Waals surface area contributed by atoms with Crippen molar-refractivity contribution in [2.24, 2.45) is 0 Å². The van der Waals surface area contributed by atoms with E-state index in [1.54, 1.807) is 12.4 Å². The van der Waals surface area contributed by atoms with Crippen molar-refractivity contribution in [3.8, 4) is 0 Å². The van der Waals surface area contributed by atoms with E-state index in [1.807, 2.05) is 16.8 Å². The third-order valence-electron chi connectivity index (χ3n) is 1.20. The summed E-state index contributed by atoms with van der Waals surface area (Å²) in [7, 11) is 0. The summed E-state index contributed by atoms with van der Waals surface area (Å²) in [5.74, 6) is 0. The number of aromatic nitrogens is 2. The first kappa shape index (κ1) is 9.98. The van der Waals surface area contributed by atoms with Gasteiger partial charge in [0, 0.05) is 12.7 Å². The van der Waals surface area contributed by atoms with E-state index in [0.29, 0.717) is 0 Å². The normalized spacial score (nSPS) is 8.36. The predicted octanol–water partition coefficient (Wildman–Crippen LogP) is 2.13. The maximum Gasteiger partial charge on any atom is 0.0956 e. The second-order valence-electron chi connectivity index (χ2n) is 1.99. The number of imidazole rings is 1. The van der Waals surface area contributed by atoms with Crippen molar-refractivity contribution in [1.82, 2.24) is 9.55 Å². The Labute approximate surface area is 72.7 Å². The van der Waals surface area contributed by atoms with Crippen LogP contribution in [-0.4, -0.2) is 9.55 Å². The molecule has 1 heterocycles. The molecule has 0 radical (unpaired) electrons. The Kier molecular flexibility index (Phi) is 4.30. The van der Waals surface area contributed by atoms with Crippen LogP contribution in [0.4, 0.5) is 0 Å². The second-order valence-corrected chi connectivity index (χ2v) is 1.99. The van der Waals surface area contributed by atoms with Crippen LogP contribution >= 0.6 is 12.4 Å². The Bertz CT molecular complexity index is 240. The largest absolute Gasteiger partial charge is 0.333 e. The van der Waals surface area contributed by atoms with Crippen LogP contribution in [0, 0.1) is 0 Å². The lowest BCUT2D eigenvalue weighted by molar-refractivity contribution is 0.822. The highest BCUT2D eigenvalue weighted by atomic mass is 35.5. The third-order valence-corrected chi connectivity index (χ3v) is 1.20. The SMILES string of the molecule is C=CCn1cnc(C=C)c1.Cl. The number of halogens is 1. The zero-order valence-electron chi connectivity index (χ0n) is 6.23. The van der Waals surface area contributed by atoms with E-state index in [9.17, 15) is 0 Å². The fourth-order valence-corrected chi connectivity index (χ4v) is 0.732. The highest BCUT2D eigenvalue weighted by Crippen LogP contribution is 1.96. The van der Waals surface area contributed by atoms with Gasteiger partial charge in [0.25, 0.3) is 0 Å².